The summed E-state index contributed by atoms with van der Waals surface area (Å²) in [7, 11) is 5.31. The third-order valence-corrected chi connectivity index (χ3v) is 5.28. The number of nitrogens with zero attached hydrogens (tertiary/aromatic N) is 3. The van der Waals surface area contributed by atoms with Crippen molar-refractivity contribution in [2.45, 2.75) is 26.8 Å². The number of methoxy groups -OCH3 is 1. The van der Waals surface area contributed by atoms with Crippen LogP contribution in [0.25, 0.3) is 0 Å². The van der Waals surface area contributed by atoms with Crippen LogP contribution in [0.15, 0.2) is 42.6 Å². The van der Waals surface area contributed by atoms with E-state index in [-0.39, 0.29) is 11.7 Å². The zero-order chi connectivity index (χ0) is 22.2. The monoisotopic (exact) mass is 409 g/mol. The number of ether oxygens (including phenoxy) is 1. The molecule has 0 aliphatic carbocycles. The molecule has 0 bridgehead atoms. The van der Waals surface area contributed by atoms with Crippen molar-refractivity contribution in [1.82, 2.24) is 4.98 Å². The fourth-order valence-corrected chi connectivity index (χ4v) is 3.71. The predicted molar refractivity (Wildman–Crippen MR) is 115 cm³/mol. The number of amides is 1. The molecule has 1 aromatic heterocycles. The summed E-state index contributed by atoms with van der Waals surface area (Å²) >= 11 is 0. The van der Waals surface area contributed by atoms with Gasteiger partial charge in [-0.3, -0.25) is 19.3 Å². The summed E-state index contributed by atoms with van der Waals surface area (Å²) in [6.07, 6.45) is 1.57. The number of carbonyl (C=O) groups is 3. The molecular weight excluding hydrogens is 382 g/mol. The summed E-state index contributed by atoms with van der Waals surface area (Å²) < 4.78 is 5.40. The van der Waals surface area contributed by atoms with Gasteiger partial charge in [-0.05, 0) is 36.4 Å². The van der Waals surface area contributed by atoms with Crippen molar-refractivity contribution in [3.8, 4) is 5.88 Å². The molecule has 7 nitrogen and oxygen atoms in total. The van der Waals surface area contributed by atoms with E-state index in [1.165, 1.54) is 12.0 Å². The van der Waals surface area contributed by atoms with Crippen molar-refractivity contribution in [1.29, 1.82) is 0 Å². The Balaban J connectivity index is 2.20. The molecule has 1 aromatic carbocycles. The predicted octanol–water partition coefficient (Wildman–Crippen LogP) is 3.04. The molecule has 1 aliphatic rings. The lowest BCUT2D eigenvalue weighted by Crippen LogP contribution is -2.36. The van der Waals surface area contributed by atoms with Crippen LogP contribution in [0.4, 0.5) is 11.4 Å². The molecular formula is C23H27N3O4. The van der Waals surface area contributed by atoms with Gasteiger partial charge in [-0.2, -0.15) is 0 Å². The largest absolute Gasteiger partial charge is 0.481 e. The highest BCUT2D eigenvalue weighted by atomic mass is 16.5. The van der Waals surface area contributed by atoms with Gasteiger partial charge >= 0.3 is 0 Å². The first-order valence-corrected chi connectivity index (χ1v) is 9.76. The summed E-state index contributed by atoms with van der Waals surface area (Å²) in [5.41, 5.74) is 1.23. The number of Topliss-reactive ketones (excluding diaryl/α,β-unsaturated/α-hetero) is 2. The third-order valence-electron chi connectivity index (χ3n) is 5.28. The molecule has 2 atom stereocenters. The SMILES string of the molecule is COc1ncccc1C1C(C(=O)C(C)(C)C)C(=O)C(=O)N1c1ccc(N(C)C)cc1. The van der Waals surface area contributed by atoms with E-state index in [0.29, 0.717) is 11.3 Å². The normalized spacial score (nSPS) is 19.2. The molecule has 1 saturated heterocycles. The van der Waals surface area contributed by atoms with Crippen molar-refractivity contribution < 1.29 is 19.1 Å². The molecule has 1 fully saturated rings. The highest BCUT2D eigenvalue weighted by Gasteiger charge is 2.54. The minimum atomic E-state index is -1.14. The molecule has 2 unspecified atom stereocenters. The lowest BCUT2D eigenvalue weighted by Gasteiger charge is -2.30. The lowest BCUT2D eigenvalue weighted by atomic mass is 9.77. The minimum absolute atomic E-state index is 0.284. The van der Waals surface area contributed by atoms with E-state index in [1.807, 2.05) is 31.1 Å². The molecule has 2 heterocycles. The Bertz CT molecular complexity index is 977. The average Bonchev–Trinajstić information content (AvgIpc) is 2.97. The van der Waals surface area contributed by atoms with Crippen LogP contribution in [0.1, 0.15) is 32.4 Å². The summed E-state index contributed by atoms with van der Waals surface area (Å²) in [4.78, 5) is 47.0. The Kier molecular flexibility index (Phi) is 5.65. The fraction of sp³-hybridized carbons (Fsp3) is 0.391. The average molecular weight is 409 g/mol. The molecule has 0 spiro atoms. The number of aromatic nitrogens is 1. The van der Waals surface area contributed by atoms with Crippen LogP contribution in [0.2, 0.25) is 0 Å². The Morgan fingerprint density at radius 2 is 1.73 bits per heavy atom. The first kappa shape index (κ1) is 21.5. The number of rotatable bonds is 5. The van der Waals surface area contributed by atoms with Crippen molar-refractivity contribution in [3.05, 3.63) is 48.2 Å². The topological polar surface area (TPSA) is 79.8 Å². The van der Waals surface area contributed by atoms with E-state index < -0.39 is 29.1 Å². The Hall–Kier alpha value is -3.22. The number of benzene rings is 1. The van der Waals surface area contributed by atoms with Crippen LogP contribution >= 0.6 is 0 Å². The Labute approximate surface area is 176 Å². The zero-order valence-electron chi connectivity index (χ0n) is 18.2. The molecule has 0 saturated carbocycles. The number of carbonyl (C=O) groups excluding carboxylic acids is 3. The van der Waals surface area contributed by atoms with Crippen molar-refractivity contribution in [2.75, 3.05) is 31.0 Å². The first-order chi connectivity index (χ1) is 14.1. The van der Waals surface area contributed by atoms with Gasteiger partial charge in [-0.1, -0.05) is 20.8 Å². The van der Waals surface area contributed by atoms with E-state index in [1.54, 1.807) is 51.2 Å². The maximum Gasteiger partial charge on any atom is 0.295 e. The van der Waals surface area contributed by atoms with Crippen LogP contribution in [-0.4, -0.2) is 43.7 Å². The zero-order valence-corrected chi connectivity index (χ0v) is 18.2. The maximum absolute atomic E-state index is 13.3. The van der Waals surface area contributed by atoms with E-state index in [4.69, 9.17) is 4.74 Å². The van der Waals surface area contributed by atoms with Gasteiger partial charge in [-0.25, -0.2) is 4.98 Å². The highest BCUT2D eigenvalue weighted by Crippen LogP contribution is 2.45. The second-order valence-electron chi connectivity index (χ2n) is 8.59. The van der Waals surface area contributed by atoms with E-state index >= 15 is 0 Å². The summed E-state index contributed by atoms with van der Waals surface area (Å²) in [5, 5.41) is 0. The number of anilines is 2. The molecule has 1 aliphatic heterocycles. The van der Waals surface area contributed by atoms with Crippen LogP contribution < -0.4 is 14.5 Å². The quantitative estimate of drug-likeness (QED) is 0.558. The van der Waals surface area contributed by atoms with E-state index in [2.05, 4.69) is 4.98 Å². The van der Waals surface area contributed by atoms with Crippen LogP contribution in [0, 0.1) is 11.3 Å². The first-order valence-electron chi connectivity index (χ1n) is 9.76. The Morgan fingerprint density at radius 3 is 2.27 bits per heavy atom. The molecule has 30 heavy (non-hydrogen) atoms. The van der Waals surface area contributed by atoms with E-state index in [0.717, 1.165) is 5.69 Å². The van der Waals surface area contributed by atoms with E-state index in [9.17, 15) is 14.4 Å². The molecule has 3 rings (SSSR count). The Morgan fingerprint density at radius 1 is 1.10 bits per heavy atom. The molecule has 2 aromatic rings. The van der Waals surface area contributed by atoms with Crippen molar-refractivity contribution in [2.24, 2.45) is 11.3 Å². The second kappa shape index (κ2) is 7.89. The molecule has 158 valence electrons. The van der Waals surface area contributed by atoms with Gasteiger partial charge in [0.1, 0.15) is 5.92 Å². The van der Waals surface area contributed by atoms with Gasteiger partial charge < -0.3 is 9.64 Å². The molecule has 7 heteroatoms. The standard InChI is InChI=1S/C23H27N3O4/c1-23(2,3)20(28)17-18(16-8-7-13-24-21(16)30-6)26(22(29)19(17)27)15-11-9-14(10-12-15)25(4)5/h7-13,17-18H,1-6H3. The van der Waals surface area contributed by atoms with Crippen LogP contribution in [0.3, 0.4) is 0 Å². The van der Waals surface area contributed by atoms with Crippen LogP contribution in [-0.2, 0) is 14.4 Å². The highest BCUT2D eigenvalue weighted by molar-refractivity contribution is 6.48. The van der Waals surface area contributed by atoms with Gasteiger partial charge in [0.2, 0.25) is 11.7 Å². The van der Waals surface area contributed by atoms with Crippen molar-refractivity contribution in [3.63, 3.8) is 0 Å². The van der Waals surface area contributed by atoms with Gasteiger partial charge in [0.15, 0.2) is 5.78 Å². The number of ketones is 2. The lowest BCUT2D eigenvalue weighted by molar-refractivity contribution is -0.141. The number of pyridine rings is 1. The van der Waals surface area contributed by atoms with Crippen LogP contribution in [0.5, 0.6) is 5.88 Å². The number of hydrogen-bond acceptors (Lipinski definition) is 6. The van der Waals surface area contributed by atoms with Crippen molar-refractivity contribution >= 4 is 28.8 Å². The van der Waals surface area contributed by atoms with Gasteiger partial charge in [0.05, 0.1) is 13.2 Å². The second-order valence-corrected chi connectivity index (χ2v) is 8.59. The molecule has 0 radical (unpaired) electrons. The summed E-state index contributed by atoms with van der Waals surface area (Å²) in [6, 6.07) is 9.91. The maximum atomic E-state index is 13.3. The fourth-order valence-electron chi connectivity index (χ4n) is 3.71. The minimum Gasteiger partial charge on any atom is -0.481 e. The van der Waals surface area contributed by atoms with Gasteiger partial charge in [0.25, 0.3) is 5.91 Å². The molecule has 0 N–H and O–H groups in total. The summed E-state index contributed by atoms with van der Waals surface area (Å²) in [6.45, 7) is 5.25. The third kappa shape index (κ3) is 3.67. The molecule has 1 amide bonds. The van der Waals surface area contributed by atoms with Gasteiger partial charge in [0, 0.05) is 42.6 Å². The smallest absolute Gasteiger partial charge is 0.295 e. The summed E-state index contributed by atoms with van der Waals surface area (Å²) in [5.74, 6) is -2.55. The van der Waals surface area contributed by atoms with Gasteiger partial charge in [-0.15, -0.1) is 0 Å². The number of hydrogen-bond donors (Lipinski definition) is 0.